The Morgan fingerprint density at radius 3 is 2.43 bits per heavy atom. The molecule has 2 aromatic carbocycles. The number of rotatable bonds is 7. The Labute approximate surface area is 182 Å². The molecule has 3 rings (SSSR count). The Morgan fingerprint density at radius 2 is 1.80 bits per heavy atom. The fourth-order valence-electron chi connectivity index (χ4n) is 3.67. The molecule has 0 spiro atoms. The van der Waals surface area contributed by atoms with E-state index in [0.29, 0.717) is 22.8 Å². The van der Waals surface area contributed by atoms with Gasteiger partial charge < -0.3 is 14.5 Å². The van der Waals surface area contributed by atoms with Crippen LogP contribution < -0.4 is 4.90 Å². The fourth-order valence-corrected chi connectivity index (χ4v) is 3.80. The number of quaternary nitrogens is 1. The first kappa shape index (κ1) is 22.1. The average Bonchev–Trinajstić information content (AvgIpc) is 2.72. The Kier molecular flexibility index (Phi) is 7.29. The van der Waals surface area contributed by atoms with Gasteiger partial charge in [-0.3, -0.25) is 4.79 Å². The Balaban J connectivity index is 1.92. The Bertz CT molecular complexity index is 923. The molecule has 1 aliphatic rings. The molecule has 158 valence electrons. The van der Waals surface area contributed by atoms with Gasteiger partial charge in [0.15, 0.2) is 0 Å². The van der Waals surface area contributed by atoms with Crippen LogP contribution in [0.3, 0.4) is 0 Å². The quantitative estimate of drug-likeness (QED) is 0.691. The second-order valence-corrected chi connectivity index (χ2v) is 8.31. The van der Waals surface area contributed by atoms with E-state index < -0.39 is 0 Å². The first-order valence-electron chi connectivity index (χ1n) is 10.1. The largest absolute Gasteiger partial charge is 0.457 e. The number of benzene rings is 2. The second-order valence-electron chi connectivity index (χ2n) is 7.87. The zero-order valence-corrected chi connectivity index (χ0v) is 18.4. The van der Waals surface area contributed by atoms with Crippen LogP contribution in [0.15, 0.2) is 65.9 Å². The third-order valence-corrected chi connectivity index (χ3v) is 5.62. The SMILES string of the molecule is CC1=C(C(=O)OCc2ccccc2)C(c2ccc(Cl)cc2)CC(=O)N1CC[NH+](C)C. The summed E-state index contributed by atoms with van der Waals surface area (Å²) >= 11 is 6.04. The van der Waals surface area contributed by atoms with Crippen LogP contribution in [0, 0.1) is 0 Å². The summed E-state index contributed by atoms with van der Waals surface area (Å²) in [5, 5.41) is 0.616. The van der Waals surface area contributed by atoms with Crippen LogP contribution in [0.25, 0.3) is 0 Å². The van der Waals surface area contributed by atoms with Gasteiger partial charge in [-0.1, -0.05) is 54.1 Å². The smallest absolute Gasteiger partial charge is 0.336 e. The summed E-state index contributed by atoms with van der Waals surface area (Å²) in [5.74, 6) is -0.708. The zero-order valence-electron chi connectivity index (χ0n) is 17.7. The molecular formula is C24H28ClN2O3+. The minimum atomic E-state index is -0.383. The third-order valence-electron chi connectivity index (χ3n) is 5.36. The molecule has 0 bridgehead atoms. The zero-order chi connectivity index (χ0) is 21.7. The highest BCUT2D eigenvalue weighted by Gasteiger charge is 2.37. The molecule has 0 aliphatic carbocycles. The van der Waals surface area contributed by atoms with Gasteiger partial charge in [0.2, 0.25) is 5.91 Å². The van der Waals surface area contributed by atoms with Crippen molar-refractivity contribution in [3.05, 3.63) is 82.0 Å². The minimum Gasteiger partial charge on any atom is -0.457 e. The second kappa shape index (κ2) is 9.92. The monoisotopic (exact) mass is 427 g/mol. The predicted octanol–water partition coefficient (Wildman–Crippen LogP) is 2.82. The van der Waals surface area contributed by atoms with Crippen LogP contribution in [0.4, 0.5) is 0 Å². The van der Waals surface area contributed by atoms with E-state index in [0.717, 1.165) is 17.7 Å². The first-order chi connectivity index (χ1) is 14.4. The number of allylic oxidation sites excluding steroid dienone is 1. The molecule has 5 nitrogen and oxygen atoms in total. The number of hydrogen-bond donors (Lipinski definition) is 1. The highest BCUT2D eigenvalue weighted by molar-refractivity contribution is 6.30. The normalized spacial score (nSPS) is 16.9. The van der Waals surface area contributed by atoms with Crippen LogP contribution in [0.5, 0.6) is 0 Å². The number of esters is 1. The number of carbonyl (C=O) groups excluding carboxylic acids is 2. The first-order valence-corrected chi connectivity index (χ1v) is 10.5. The molecule has 1 heterocycles. The van der Waals surface area contributed by atoms with E-state index in [1.165, 1.54) is 4.90 Å². The molecule has 1 unspecified atom stereocenters. The molecule has 0 saturated carbocycles. The Morgan fingerprint density at radius 1 is 1.13 bits per heavy atom. The molecule has 2 aromatic rings. The number of likely N-dealkylation sites (N-methyl/N-ethyl adjacent to an activating group) is 1. The number of ether oxygens (including phenoxy) is 1. The van der Waals surface area contributed by atoms with E-state index in [2.05, 4.69) is 0 Å². The van der Waals surface area contributed by atoms with Gasteiger partial charge in [0.25, 0.3) is 0 Å². The number of nitrogens with one attached hydrogen (secondary N) is 1. The molecule has 1 aliphatic heterocycles. The van der Waals surface area contributed by atoms with Crippen molar-refractivity contribution in [2.45, 2.75) is 25.9 Å². The summed E-state index contributed by atoms with van der Waals surface area (Å²) in [6.07, 6.45) is 0.234. The van der Waals surface area contributed by atoms with E-state index in [9.17, 15) is 9.59 Å². The van der Waals surface area contributed by atoms with Gasteiger partial charge in [0.05, 0.1) is 32.8 Å². The van der Waals surface area contributed by atoms with Crippen LogP contribution in [-0.4, -0.2) is 44.0 Å². The van der Waals surface area contributed by atoms with Gasteiger partial charge in [-0.15, -0.1) is 0 Å². The average molecular weight is 428 g/mol. The van der Waals surface area contributed by atoms with Crippen molar-refractivity contribution in [1.82, 2.24) is 4.90 Å². The van der Waals surface area contributed by atoms with Gasteiger partial charge >= 0.3 is 5.97 Å². The number of amides is 1. The molecule has 0 radical (unpaired) electrons. The summed E-state index contributed by atoms with van der Waals surface area (Å²) in [6, 6.07) is 16.9. The van der Waals surface area contributed by atoms with Gasteiger partial charge in [-0.2, -0.15) is 0 Å². The van der Waals surface area contributed by atoms with Crippen molar-refractivity contribution >= 4 is 23.5 Å². The molecule has 1 atom stereocenters. The van der Waals surface area contributed by atoms with Crippen molar-refractivity contribution < 1.29 is 19.2 Å². The summed E-state index contributed by atoms with van der Waals surface area (Å²) in [4.78, 5) is 29.1. The maximum Gasteiger partial charge on any atom is 0.336 e. The summed E-state index contributed by atoms with van der Waals surface area (Å²) in [5.41, 5.74) is 3.02. The van der Waals surface area contributed by atoms with Crippen LogP contribution in [0.1, 0.15) is 30.4 Å². The topological polar surface area (TPSA) is 51.1 Å². The van der Waals surface area contributed by atoms with E-state index in [4.69, 9.17) is 16.3 Å². The van der Waals surface area contributed by atoms with Crippen molar-refractivity contribution in [3.63, 3.8) is 0 Å². The summed E-state index contributed by atoms with van der Waals surface area (Å²) in [6.45, 7) is 3.39. The van der Waals surface area contributed by atoms with Crippen molar-refractivity contribution in [2.75, 3.05) is 27.2 Å². The van der Waals surface area contributed by atoms with Crippen molar-refractivity contribution in [3.8, 4) is 0 Å². The van der Waals surface area contributed by atoms with Crippen molar-refractivity contribution in [1.29, 1.82) is 0 Å². The van der Waals surface area contributed by atoms with E-state index in [-0.39, 0.29) is 30.8 Å². The van der Waals surface area contributed by atoms with E-state index in [1.54, 1.807) is 17.0 Å². The maximum absolute atomic E-state index is 13.2. The molecular weight excluding hydrogens is 400 g/mol. The lowest BCUT2D eigenvalue weighted by Gasteiger charge is -2.34. The Hall–Kier alpha value is -2.63. The molecule has 30 heavy (non-hydrogen) atoms. The predicted molar refractivity (Wildman–Crippen MR) is 117 cm³/mol. The van der Waals surface area contributed by atoms with E-state index >= 15 is 0 Å². The summed E-state index contributed by atoms with van der Waals surface area (Å²) in [7, 11) is 4.08. The third kappa shape index (κ3) is 5.29. The molecule has 0 aromatic heterocycles. The van der Waals surface area contributed by atoms with Gasteiger partial charge in [0.1, 0.15) is 6.61 Å². The number of halogens is 1. The van der Waals surface area contributed by atoms with Crippen LogP contribution >= 0.6 is 11.6 Å². The molecule has 0 saturated heterocycles. The lowest BCUT2D eigenvalue weighted by atomic mass is 9.83. The minimum absolute atomic E-state index is 0.0216. The lowest BCUT2D eigenvalue weighted by Crippen LogP contribution is -3.06. The molecule has 0 fully saturated rings. The molecule has 1 N–H and O–H groups in total. The lowest BCUT2D eigenvalue weighted by molar-refractivity contribution is -0.857. The van der Waals surface area contributed by atoms with Crippen molar-refractivity contribution in [2.24, 2.45) is 0 Å². The number of carbonyl (C=O) groups is 2. The van der Waals surface area contributed by atoms with Gasteiger partial charge in [0, 0.05) is 23.1 Å². The molecule has 1 amide bonds. The van der Waals surface area contributed by atoms with Gasteiger partial charge in [-0.25, -0.2) is 4.79 Å². The molecule has 6 heteroatoms. The number of hydrogen-bond acceptors (Lipinski definition) is 3. The van der Waals surface area contributed by atoms with E-state index in [1.807, 2.05) is 63.5 Å². The maximum atomic E-state index is 13.2. The van der Waals surface area contributed by atoms with Crippen LogP contribution in [-0.2, 0) is 20.9 Å². The van der Waals surface area contributed by atoms with Crippen LogP contribution in [0.2, 0.25) is 5.02 Å². The summed E-state index contributed by atoms with van der Waals surface area (Å²) < 4.78 is 5.66. The standard InChI is InChI=1S/C24H27ClN2O3/c1-17-23(24(29)30-16-18-7-5-4-6-8-18)21(19-9-11-20(25)12-10-19)15-22(28)27(17)14-13-26(2)3/h4-12,21H,13-16H2,1-3H3/p+1. The highest BCUT2D eigenvalue weighted by atomic mass is 35.5. The fraction of sp³-hybridized carbons (Fsp3) is 0.333. The highest BCUT2D eigenvalue weighted by Crippen LogP contribution is 2.37. The van der Waals surface area contributed by atoms with Gasteiger partial charge in [-0.05, 0) is 30.2 Å². The number of nitrogens with zero attached hydrogens (tertiary/aromatic N) is 1.